The lowest BCUT2D eigenvalue weighted by Crippen LogP contribution is -2.39. The second-order valence-corrected chi connectivity index (χ2v) is 10.1. The molecule has 0 amide bonds. The van der Waals surface area contributed by atoms with Crippen molar-refractivity contribution in [3.05, 3.63) is 65.1 Å². The van der Waals surface area contributed by atoms with Crippen molar-refractivity contribution < 1.29 is 36.2 Å². The minimum atomic E-state index is -4.62. The Hall–Kier alpha value is -4.10. The molecule has 0 unspecified atom stereocenters. The fourth-order valence-corrected chi connectivity index (χ4v) is 4.98. The van der Waals surface area contributed by atoms with Crippen LogP contribution in [0.4, 0.5) is 37.8 Å². The number of hydrogen-bond acceptors (Lipinski definition) is 6. The third kappa shape index (κ3) is 7.39. The molecule has 0 radical (unpaired) electrons. The first kappa shape index (κ1) is 30.8. The Balaban J connectivity index is 1.67. The average Bonchev–Trinajstić information content (AvgIpc) is 3.13. The van der Waals surface area contributed by atoms with Gasteiger partial charge in [0.1, 0.15) is 17.5 Å². The Bertz CT molecular complexity index is 1360. The molecule has 3 N–H and O–H groups in total. The lowest BCUT2D eigenvalue weighted by atomic mass is 9.97. The summed E-state index contributed by atoms with van der Waals surface area (Å²) in [5.41, 5.74) is -0.911. The summed E-state index contributed by atoms with van der Waals surface area (Å²) >= 11 is 0. The number of nitrogens with one attached hydrogen (secondary N) is 2. The largest absolute Gasteiger partial charge is 0.481 e. The normalized spacial score (nSPS) is 19.0. The van der Waals surface area contributed by atoms with Gasteiger partial charge in [0.15, 0.2) is 0 Å². The van der Waals surface area contributed by atoms with Crippen LogP contribution < -0.4 is 10.2 Å². The molecule has 0 aliphatic carbocycles. The van der Waals surface area contributed by atoms with E-state index in [1.165, 1.54) is 29.3 Å². The Morgan fingerprint density at radius 3 is 2.24 bits per heavy atom. The number of likely N-dealkylation sites (tertiary alicyclic amines) is 1. The zero-order chi connectivity index (χ0) is 30.7. The molecule has 2 aliphatic heterocycles. The fourth-order valence-electron chi connectivity index (χ4n) is 4.98. The molecule has 8 nitrogen and oxygen atoms in total. The number of hydrogen-bond donors (Lipinski definition) is 3. The maximum Gasteiger partial charge on any atom is 0.419 e. The minimum Gasteiger partial charge on any atom is -0.481 e. The van der Waals surface area contributed by atoms with E-state index in [0.29, 0.717) is 37.3 Å². The number of aromatic nitrogens is 1. The SMILES string of the molecule is C/C(=N\C(Nc1ccc(C(F)(F)F)cc1)=C1\CCN(c2ncccc2C(F)(F)F)CCC1=N)N1CCC(C(=O)O)CC1. The molecule has 0 spiro atoms. The van der Waals surface area contributed by atoms with Crippen LogP contribution in [-0.2, 0) is 17.1 Å². The van der Waals surface area contributed by atoms with Crippen molar-refractivity contribution in [1.29, 1.82) is 5.41 Å². The van der Waals surface area contributed by atoms with Crippen molar-refractivity contribution in [2.24, 2.45) is 10.9 Å². The summed E-state index contributed by atoms with van der Waals surface area (Å²) in [5.74, 6) is -0.868. The molecule has 226 valence electrons. The van der Waals surface area contributed by atoms with Crippen molar-refractivity contribution in [3.8, 4) is 0 Å². The van der Waals surface area contributed by atoms with Gasteiger partial charge in [-0.3, -0.25) is 4.79 Å². The molecule has 0 saturated carbocycles. The van der Waals surface area contributed by atoms with Crippen LogP contribution in [0.15, 0.2) is 59.0 Å². The highest BCUT2D eigenvalue weighted by molar-refractivity contribution is 6.00. The smallest absolute Gasteiger partial charge is 0.419 e. The van der Waals surface area contributed by atoms with E-state index in [9.17, 15) is 36.2 Å². The molecule has 1 aromatic carbocycles. The number of anilines is 2. The molecule has 4 rings (SSSR count). The van der Waals surface area contributed by atoms with Gasteiger partial charge >= 0.3 is 18.3 Å². The molecule has 42 heavy (non-hydrogen) atoms. The number of nitrogens with zero attached hydrogens (tertiary/aromatic N) is 4. The predicted octanol–water partition coefficient (Wildman–Crippen LogP) is 6.28. The minimum absolute atomic E-state index is 0.0833. The lowest BCUT2D eigenvalue weighted by Gasteiger charge is -2.31. The van der Waals surface area contributed by atoms with Gasteiger partial charge in [-0.2, -0.15) is 26.3 Å². The molecule has 0 bridgehead atoms. The summed E-state index contributed by atoms with van der Waals surface area (Å²) in [4.78, 5) is 23.4. The van der Waals surface area contributed by atoms with E-state index < -0.39 is 35.4 Å². The van der Waals surface area contributed by atoms with Crippen LogP contribution in [0.5, 0.6) is 0 Å². The number of carboxylic acid groups (broad SMARTS) is 1. The highest BCUT2D eigenvalue weighted by Crippen LogP contribution is 2.36. The Morgan fingerprint density at radius 1 is 1.00 bits per heavy atom. The van der Waals surface area contributed by atoms with E-state index in [1.54, 1.807) is 6.92 Å². The summed E-state index contributed by atoms with van der Waals surface area (Å²) in [6, 6.07) is 6.47. The molecule has 2 saturated heterocycles. The van der Waals surface area contributed by atoms with Crippen LogP contribution in [-0.4, -0.2) is 58.7 Å². The average molecular weight is 597 g/mol. The Kier molecular flexibility index (Phi) is 9.12. The van der Waals surface area contributed by atoms with Crippen molar-refractivity contribution in [2.45, 2.75) is 45.0 Å². The number of benzene rings is 1. The number of alkyl halides is 6. The molecule has 0 atom stereocenters. The van der Waals surface area contributed by atoms with E-state index in [0.717, 1.165) is 18.2 Å². The molecule has 2 aliphatic rings. The lowest BCUT2D eigenvalue weighted by molar-refractivity contribution is -0.143. The summed E-state index contributed by atoms with van der Waals surface area (Å²) < 4.78 is 80.3. The standard InChI is InChI=1S/C28H30F6N6O2/c1-17(39-13-8-18(9-14-39)26(41)42)37-24(38-20-6-4-19(5-7-20)27(29,30)31)21-10-15-40(16-11-23(21)35)25-22(28(32,33)34)3-2-12-36-25/h2-7,12,18,35,38H,8-11,13-16H2,1H3,(H,41,42)/b24-21+,35-23?,37-17+. The maximum absolute atomic E-state index is 13.7. The second-order valence-electron chi connectivity index (χ2n) is 10.1. The molecule has 2 fully saturated rings. The number of piperidine rings is 1. The zero-order valence-corrected chi connectivity index (χ0v) is 22.7. The van der Waals surface area contributed by atoms with Gasteiger partial charge in [0.05, 0.1) is 17.0 Å². The van der Waals surface area contributed by atoms with Crippen molar-refractivity contribution in [2.75, 3.05) is 36.4 Å². The first-order valence-corrected chi connectivity index (χ1v) is 13.3. The van der Waals surface area contributed by atoms with Gasteiger partial charge < -0.3 is 25.6 Å². The van der Waals surface area contributed by atoms with Crippen LogP contribution in [0.2, 0.25) is 0 Å². The first-order chi connectivity index (χ1) is 19.7. The van der Waals surface area contributed by atoms with E-state index in [-0.39, 0.29) is 49.0 Å². The van der Waals surface area contributed by atoms with Gasteiger partial charge in [-0.1, -0.05) is 0 Å². The molecular formula is C28H30F6N6O2. The summed E-state index contributed by atoms with van der Waals surface area (Å²) in [6.07, 6.45) is -6.84. The summed E-state index contributed by atoms with van der Waals surface area (Å²) in [5, 5.41) is 21.1. The predicted molar refractivity (Wildman–Crippen MR) is 146 cm³/mol. The number of amidine groups is 1. The van der Waals surface area contributed by atoms with E-state index >= 15 is 0 Å². The number of rotatable bonds is 5. The van der Waals surface area contributed by atoms with E-state index in [2.05, 4.69) is 10.3 Å². The van der Waals surface area contributed by atoms with E-state index in [1.807, 2.05) is 4.90 Å². The summed E-state index contributed by atoms with van der Waals surface area (Å²) in [7, 11) is 0. The number of halogens is 6. The maximum atomic E-state index is 13.7. The number of aliphatic imine (C=N–C) groups is 1. The van der Waals surface area contributed by atoms with Crippen molar-refractivity contribution in [1.82, 2.24) is 9.88 Å². The van der Waals surface area contributed by atoms with Crippen LogP contribution in [0, 0.1) is 11.3 Å². The van der Waals surface area contributed by atoms with Gasteiger partial charge in [0, 0.05) is 55.8 Å². The Labute approximate surface area is 238 Å². The summed E-state index contributed by atoms with van der Waals surface area (Å²) in [6.45, 7) is 2.77. The van der Waals surface area contributed by atoms with Gasteiger partial charge in [-0.25, -0.2) is 9.98 Å². The molecule has 2 aromatic rings. The third-order valence-electron chi connectivity index (χ3n) is 7.36. The Morgan fingerprint density at radius 2 is 1.64 bits per heavy atom. The van der Waals surface area contributed by atoms with Crippen molar-refractivity contribution in [3.63, 3.8) is 0 Å². The number of carbonyl (C=O) groups is 1. The zero-order valence-electron chi connectivity index (χ0n) is 22.7. The van der Waals surface area contributed by atoms with Gasteiger partial charge in [-0.05, 0) is 62.6 Å². The molecule has 14 heteroatoms. The van der Waals surface area contributed by atoms with Gasteiger partial charge in [0.25, 0.3) is 0 Å². The van der Waals surface area contributed by atoms with Crippen LogP contribution in [0.3, 0.4) is 0 Å². The highest BCUT2D eigenvalue weighted by Gasteiger charge is 2.36. The number of pyridine rings is 1. The molecule has 1 aromatic heterocycles. The van der Waals surface area contributed by atoms with Crippen molar-refractivity contribution >= 4 is 29.0 Å². The van der Waals surface area contributed by atoms with Crippen LogP contribution >= 0.6 is 0 Å². The number of aliphatic carboxylic acids is 1. The van der Waals surface area contributed by atoms with Gasteiger partial charge in [-0.15, -0.1) is 0 Å². The highest BCUT2D eigenvalue weighted by atomic mass is 19.4. The fraction of sp³-hybridized carbons (Fsp3) is 0.429. The third-order valence-corrected chi connectivity index (χ3v) is 7.36. The quantitative estimate of drug-likeness (QED) is 0.213. The van der Waals surface area contributed by atoms with Gasteiger partial charge in [0.2, 0.25) is 0 Å². The molecular weight excluding hydrogens is 566 g/mol. The second kappa shape index (κ2) is 12.4. The topological polar surface area (TPSA) is 105 Å². The van der Waals surface area contributed by atoms with E-state index in [4.69, 9.17) is 10.4 Å². The van der Waals surface area contributed by atoms with Crippen LogP contribution in [0.1, 0.15) is 43.7 Å². The monoisotopic (exact) mass is 596 g/mol. The number of carboxylic acids is 1. The van der Waals surface area contributed by atoms with Crippen LogP contribution in [0.25, 0.3) is 0 Å². The molecule has 3 heterocycles. The first-order valence-electron chi connectivity index (χ1n) is 13.3.